The van der Waals surface area contributed by atoms with Crippen LogP contribution in [-0.4, -0.2) is 27.1 Å². The number of amides is 1. The molecule has 0 bridgehead atoms. The van der Waals surface area contributed by atoms with Crippen LogP contribution in [0.3, 0.4) is 0 Å². The zero-order valence-corrected chi connectivity index (χ0v) is 13.6. The number of aromatic nitrogens is 2. The van der Waals surface area contributed by atoms with Crippen LogP contribution in [0.15, 0.2) is 35.0 Å². The molecule has 1 aliphatic rings. The summed E-state index contributed by atoms with van der Waals surface area (Å²) in [7, 11) is 1.86. The predicted octanol–water partition coefficient (Wildman–Crippen LogP) is 3.59. The van der Waals surface area contributed by atoms with Gasteiger partial charge >= 0.3 is 0 Å². The number of hydrogen-bond acceptors (Lipinski definition) is 3. The molecule has 1 amide bonds. The number of furan rings is 1. The highest BCUT2D eigenvalue weighted by molar-refractivity contribution is 5.99. The third-order valence-corrected chi connectivity index (χ3v) is 4.73. The maximum Gasteiger partial charge on any atom is 0.290 e. The van der Waals surface area contributed by atoms with E-state index >= 15 is 0 Å². The van der Waals surface area contributed by atoms with Crippen LogP contribution in [0.5, 0.6) is 0 Å². The van der Waals surface area contributed by atoms with Gasteiger partial charge in [0.05, 0.1) is 12.2 Å². The normalized spacial score (nSPS) is 17.8. The Labute approximate surface area is 138 Å². The van der Waals surface area contributed by atoms with Crippen molar-refractivity contribution in [2.75, 3.05) is 6.54 Å². The summed E-state index contributed by atoms with van der Waals surface area (Å²) in [6.45, 7) is 2.46. The van der Waals surface area contributed by atoms with E-state index in [-0.39, 0.29) is 23.3 Å². The topological polar surface area (TPSA) is 51.3 Å². The first-order valence-corrected chi connectivity index (χ1v) is 8.03. The molecule has 1 aromatic carbocycles. The second-order valence-electron chi connectivity index (χ2n) is 6.28. The van der Waals surface area contributed by atoms with Gasteiger partial charge in [-0.3, -0.25) is 9.48 Å². The van der Waals surface area contributed by atoms with E-state index in [9.17, 15) is 9.18 Å². The van der Waals surface area contributed by atoms with Gasteiger partial charge in [-0.15, -0.1) is 0 Å². The highest BCUT2D eigenvalue weighted by Gasteiger charge is 2.34. The molecule has 124 valence electrons. The van der Waals surface area contributed by atoms with Crippen LogP contribution in [0.4, 0.5) is 4.39 Å². The molecule has 0 spiro atoms. The molecule has 3 aromatic rings. The average Bonchev–Trinajstić information content (AvgIpc) is 3.26. The van der Waals surface area contributed by atoms with E-state index in [1.165, 1.54) is 6.07 Å². The third kappa shape index (κ3) is 2.21. The number of likely N-dealkylation sites (tertiary alicyclic amines) is 1. The standard InChI is InChI=1S/C18H18FN3O2/c1-11-13-5-3-6-14(19)17(13)24-16(11)18(23)22-8-4-7-15(22)12-9-20-21(2)10-12/h3,5-6,9-10,15H,4,7-8H2,1-2H3/t15-/m0/s1. The van der Waals surface area contributed by atoms with Gasteiger partial charge in [-0.05, 0) is 25.8 Å². The number of hydrogen-bond donors (Lipinski definition) is 0. The molecular weight excluding hydrogens is 309 g/mol. The molecule has 0 radical (unpaired) electrons. The summed E-state index contributed by atoms with van der Waals surface area (Å²) in [6.07, 6.45) is 5.55. The number of para-hydroxylation sites is 1. The van der Waals surface area contributed by atoms with Gasteiger partial charge in [0.15, 0.2) is 17.2 Å². The highest BCUT2D eigenvalue weighted by Crippen LogP contribution is 2.35. The van der Waals surface area contributed by atoms with Gasteiger partial charge in [-0.2, -0.15) is 5.10 Å². The second kappa shape index (κ2) is 5.47. The van der Waals surface area contributed by atoms with Crippen LogP contribution in [0.25, 0.3) is 11.0 Å². The van der Waals surface area contributed by atoms with Gasteiger partial charge in [0.1, 0.15) is 0 Å². The fourth-order valence-electron chi connectivity index (χ4n) is 3.51. The summed E-state index contributed by atoms with van der Waals surface area (Å²) in [4.78, 5) is 14.8. The van der Waals surface area contributed by atoms with E-state index in [4.69, 9.17) is 4.42 Å². The molecule has 4 rings (SSSR count). The van der Waals surface area contributed by atoms with Crippen molar-refractivity contribution in [2.24, 2.45) is 7.05 Å². The van der Waals surface area contributed by atoms with Crippen molar-refractivity contribution in [3.63, 3.8) is 0 Å². The molecule has 24 heavy (non-hydrogen) atoms. The Morgan fingerprint density at radius 3 is 2.96 bits per heavy atom. The van der Waals surface area contributed by atoms with E-state index < -0.39 is 5.82 Å². The first-order valence-electron chi connectivity index (χ1n) is 8.03. The molecule has 0 unspecified atom stereocenters. The second-order valence-corrected chi connectivity index (χ2v) is 6.28. The number of benzene rings is 1. The first-order chi connectivity index (χ1) is 11.6. The minimum absolute atomic E-state index is 0.0105. The van der Waals surface area contributed by atoms with Crippen LogP contribution in [0, 0.1) is 12.7 Å². The predicted molar refractivity (Wildman–Crippen MR) is 87.1 cm³/mol. The number of aryl methyl sites for hydroxylation is 2. The molecule has 1 aliphatic heterocycles. The van der Waals surface area contributed by atoms with Crippen molar-refractivity contribution < 1.29 is 13.6 Å². The van der Waals surface area contributed by atoms with Crippen LogP contribution in [0.1, 0.15) is 40.6 Å². The van der Waals surface area contributed by atoms with E-state index in [1.807, 2.05) is 13.2 Å². The maximum atomic E-state index is 13.9. The first kappa shape index (κ1) is 14.9. The Kier molecular flexibility index (Phi) is 3.40. The Morgan fingerprint density at radius 2 is 2.25 bits per heavy atom. The van der Waals surface area contributed by atoms with Gasteiger partial charge in [0, 0.05) is 36.3 Å². The average molecular weight is 327 g/mol. The number of fused-ring (bicyclic) bond motifs is 1. The number of halogens is 1. The quantitative estimate of drug-likeness (QED) is 0.723. The smallest absolute Gasteiger partial charge is 0.290 e. The summed E-state index contributed by atoms with van der Waals surface area (Å²) in [5.41, 5.74) is 1.85. The van der Waals surface area contributed by atoms with E-state index in [0.29, 0.717) is 17.5 Å². The summed E-state index contributed by atoms with van der Waals surface area (Å²) in [5.74, 6) is -0.403. The SMILES string of the molecule is Cc1c(C(=O)N2CCC[C@H]2c2cnn(C)c2)oc2c(F)cccc12. The van der Waals surface area contributed by atoms with Crippen LogP contribution in [-0.2, 0) is 7.05 Å². The highest BCUT2D eigenvalue weighted by atomic mass is 19.1. The fraction of sp³-hybridized carbons (Fsp3) is 0.333. The molecule has 2 aromatic heterocycles. The molecule has 6 heteroatoms. The molecule has 3 heterocycles. The molecular formula is C18H18FN3O2. The fourth-order valence-corrected chi connectivity index (χ4v) is 3.51. The van der Waals surface area contributed by atoms with E-state index in [2.05, 4.69) is 5.10 Å². The summed E-state index contributed by atoms with van der Waals surface area (Å²) in [6, 6.07) is 4.73. The minimum atomic E-state index is -0.445. The number of carbonyl (C=O) groups is 1. The van der Waals surface area contributed by atoms with Crippen molar-refractivity contribution in [3.05, 3.63) is 53.3 Å². The molecule has 0 aliphatic carbocycles. The lowest BCUT2D eigenvalue weighted by Crippen LogP contribution is -2.30. The zero-order chi connectivity index (χ0) is 16.8. The summed E-state index contributed by atoms with van der Waals surface area (Å²) >= 11 is 0. The van der Waals surface area contributed by atoms with Gasteiger partial charge in [0.25, 0.3) is 5.91 Å². The van der Waals surface area contributed by atoms with Crippen LogP contribution in [0.2, 0.25) is 0 Å². The Morgan fingerprint density at radius 1 is 1.42 bits per heavy atom. The monoisotopic (exact) mass is 327 g/mol. The Balaban J connectivity index is 1.73. The summed E-state index contributed by atoms with van der Waals surface area (Å²) in [5, 5.41) is 4.85. The zero-order valence-electron chi connectivity index (χ0n) is 13.6. The van der Waals surface area contributed by atoms with Crippen molar-refractivity contribution in [1.29, 1.82) is 0 Å². The lowest BCUT2D eigenvalue weighted by Gasteiger charge is -2.23. The molecule has 5 nitrogen and oxygen atoms in total. The number of carbonyl (C=O) groups excluding carboxylic acids is 1. The summed E-state index contributed by atoms with van der Waals surface area (Å²) < 4.78 is 21.3. The van der Waals surface area contributed by atoms with Crippen LogP contribution >= 0.6 is 0 Å². The van der Waals surface area contributed by atoms with Crippen molar-refractivity contribution in [1.82, 2.24) is 14.7 Å². The van der Waals surface area contributed by atoms with Gasteiger partial charge in [0.2, 0.25) is 0 Å². The largest absolute Gasteiger partial charge is 0.448 e. The van der Waals surface area contributed by atoms with Gasteiger partial charge in [-0.1, -0.05) is 12.1 Å². The molecule has 1 fully saturated rings. The Hall–Kier alpha value is -2.63. The van der Waals surface area contributed by atoms with E-state index in [1.54, 1.807) is 34.8 Å². The third-order valence-electron chi connectivity index (χ3n) is 4.73. The Bertz CT molecular complexity index is 928. The maximum absolute atomic E-state index is 13.9. The van der Waals surface area contributed by atoms with Gasteiger partial charge in [-0.25, -0.2) is 4.39 Å². The van der Waals surface area contributed by atoms with E-state index in [0.717, 1.165) is 18.4 Å². The molecule has 1 atom stereocenters. The molecule has 1 saturated heterocycles. The lowest BCUT2D eigenvalue weighted by molar-refractivity contribution is 0.0704. The van der Waals surface area contributed by atoms with Crippen molar-refractivity contribution in [3.8, 4) is 0 Å². The lowest BCUT2D eigenvalue weighted by atomic mass is 10.1. The van der Waals surface area contributed by atoms with Crippen molar-refractivity contribution >= 4 is 16.9 Å². The van der Waals surface area contributed by atoms with Gasteiger partial charge < -0.3 is 9.32 Å². The molecule has 0 N–H and O–H groups in total. The molecule has 0 saturated carbocycles. The number of rotatable bonds is 2. The number of nitrogens with zero attached hydrogens (tertiary/aromatic N) is 3. The van der Waals surface area contributed by atoms with Crippen LogP contribution < -0.4 is 0 Å². The van der Waals surface area contributed by atoms with Crippen molar-refractivity contribution in [2.45, 2.75) is 25.8 Å². The minimum Gasteiger partial charge on any atom is -0.448 e.